The maximum atomic E-state index is 14.6. The quantitative estimate of drug-likeness (QED) is 0.360. The second-order valence-corrected chi connectivity index (χ2v) is 8.24. The Morgan fingerprint density at radius 3 is 2.50 bits per heavy atom. The lowest BCUT2D eigenvalue weighted by Crippen LogP contribution is -2.13. The SMILES string of the molecule is Cc1cc(C(C)Nc2ccccc2-c2nn[nH]n2)c2oc(-c3ccccc3F)c(C)c(=O)c2c1. The lowest BCUT2D eigenvalue weighted by molar-refractivity contribution is 0.586. The highest BCUT2D eigenvalue weighted by atomic mass is 19.1. The standard InChI is InChI=1S/C26H22FN5O2/c1-14-12-19(16(3)28-22-11-7-5-9-18(22)26-29-31-32-30-26)25-20(13-14)23(33)15(2)24(34-25)17-8-4-6-10-21(17)27/h4-13,16,28H,1-3H3,(H,29,30,31,32). The van der Waals surface area contributed by atoms with Gasteiger partial charge >= 0.3 is 0 Å². The predicted molar refractivity (Wildman–Crippen MR) is 129 cm³/mol. The van der Waals surface area contributed by atoms with Gasteiger partial charge in [0.05, 0.1) is 17.0 Å². The number of halogens is 1. The van der Waals surface area contributed by atoms with Gasteiger partial charge in [-0.2, -0.15) is 5.21 Å². The molecule has 3 aromatic carbocycles. The molecule has 1 unspecified atom stereocenters. The summed E-state index contributed by atoms with van der Waals surface area (Å²) in [6, 6.07) is 17.4. The van der Waals surface area contributed by atoms with Crippen LogP contribution >= 0.6 is 0 Å². The van der Waals surface area contributed by atoms with E-state index in [4.69, 9.17) is 4.42 Å². The number of aryl methyl sites for hydroxylation is 1. The molecule has 0 aliphatic rings. The van der Waals surface area contributed by atoms with Crippen LogP contribution in [0.5, 0.6) is 0 Å². The highest BCUT2D eigenvalue weighted by Crippen LogP contribution is 2.34. The van der Waals surface area contributed by atoms with E-state index in [2.05, 4.69) is 25.9 Å². The molecular formula is C26H22FN5O2. The largest absolute Gasteiger partial charge is 0.455 e. The van der Waals surface area contributed by atoms with Crippen molar-refractivity contribution in [1.29, 1.82) is 0 Å². The first-order valence-electron chi connectivity index (χ1n) is 10.9. The third-order valence-electron chi connectivity index (χ3n) is 5.86. The zero-order chi connectivity index (χ0) is 23.8. The Morgan fingerprint density at radius 1 is 1.03 bits per heavy atom. The van der Waals surface area contributed by atoms with Crippen molar-refractivity contribution >= 4 is 16.7 Å². The second kappa shape index (κ2) is 8.55. The van der Waals surface area contributed by atoms with Gasteiger partial charge in [-0.05, 0) is 61.9 Å². The Balaban J connectivity index is 1.66. The minimum absolute atomic E-state index is 0.177. The zero-order valence-electron chi connectivity index (χ0n) is 18.9. The van der Waals surface area contributed by atoms with E-state index in [1.54, 1.807) is 25.1 Å². The summed E-state index contributed by atoms with van der Waals surface area (Å²) in [4.78, 5) is 13.3. The summed E-state index contributed by atoms with van der Waals surface area (Å²) in [7, 11) is 0. The number of aromatic nitrogens is 4. The molecule has 0 saturated heterocycles. The molecule has 0 amide bonds. The van der Waals surface area contributed by atoms with Crippen LogP contribution in [0, 0.1) is 19.7 Å². The van der Waals surface area contributed by atoms with Gasteiger partial charge in [0, 0.05) is 22.4 Å². The van der Waals surface area contributed by atoms with Crippen molar-refractivity contribution in [2.75, 3.05) is 5.32 Å². The van der Waals surface area contributed by atoms with E-state index in [1.165, 1.54) is 6.07 Å². The highest BCUT2D eigenvalue weighted by Gasteiger charge is 2.21. The highest BCUT2D eigenvalue weighted by molar-refractivity contribution is 5.85. The molecule has 8 heteroatoms. The van der Waals surface area contributed by atoms with Gasteiger partial charge in [0.15, 0.2) is 5.43 Å². The molecule has 0 aliphatic heterocycles. The van der Waals surface area contributed by atoms with Crippen molar-refractivity contribution in [3.63, 3.8) is 0 Å². The van der Waals surface area contributed by atoms with Crippen molar-refractivity contribution in [1.82, 2.24) is 20.6 Å². The molecule has 0 aliphatic carbocycles. The van der Waals surface area contributed by atoms with Gasteiger partial charge in [-0.15, -0.1) is 10.2 Å². The summed E-state index contributed by atoms with van der Waals surface area (Å²) >= 11 is 0. The number of H-pyrrole nitrogens is 1. The molecular weight excluding hydrogens is 433 g/mol. The number of nitrogens with one attached hydrogen (secondary N) is 2. The molecule has 7 nitrogen and oxygen atoms in total. The van der Waals surface area contributed by atoms with E-state index in [9.17, 15) is 9.18 Å². The summed E-state index contributed by atoms with van der Waals surface area (Å²) in [5, 5.41) is 18.2. The topological polar surface area (TPSA) is 96.7 Å². The normalized spacial score (nSPS) is 12.1. The first-order valence-corrected chi connectivity index (χ1v) is 10.9. The molecule has 2 heterocycles. The third kappa shape index (κ3) is 3.73. The number of benzene rings is 3. The minimum Gasteiger partial charge on any atom is -0.455 e. The molecule has 0 spiro atoms. The van der Waals surface area contributed by atoms with Gasteiger partial charge in [0.25, 0.3) is 0 Å². The maximum Gasteiger partial charge on any atom is 0.206 e. The summed E-state index contributed by atoms with van der Waals surface area (Å²) in [5.74, 6) is 0.260. The fraction of sp³-hybridized carbons (Fsp3) is 0.154. The minimum atomic E-state index is -0.443. The smallest absolute Gasteiger partial charge is 0.206 e. The summed E-state index contributed by atoms with van der Waals surface area (Å²) < 4.78 is 20.9. The van der Waals surface area contributed by atoms with Gasteiger partial charge < -0.3 is 9.73 Å². The van der Waals surface area contributed by atoms with Gasteiger partial charge in [0.1, 0.15) is 17.2 Å². The molecule has 0 saturated carbocycles. The van der Waals surface area contributed by atoms with Crippen LogP contribution in [0.25, 0.3) is 33.7 Å². The first kappa shape index (κ1) is 21.5. The van der Waals surface area contributed by atoms with E-state index in [1.807, 2.05) is 50.2 Å². The Bertz CT molecular complexity index is 1560. The molecule has 5 aromatic rings. The number of hydrogen-bond acceptors (Lipinski definition) is 6. The third-order valence-corrected chi connectivity index (χ3v) is 5.86. The molecule has 0 fully saturated rings. The number of fused-ring (bicyclic) bond motifs is 1. The van der Waals surface area contributed by atoms with Crippen LogP contribution in [-0.2, 0) is 0 Å². The van der Waals surface area contributed by atoms with Gasteiger partial charge in [-0.1, -0.05) is 30.3 Å². The van der Waals surface area contributed by atoms with E-state index in [0.29, 0.717) is 22.4 Å². The molecule has 5 rings (SSSR count). The van der Waals surface area contributed by atoms with Crippen LogP contribution in [0.3, 0.4) is 0 Å². The summed E-state index contributed by atoms with van der Waals surface area (Å²) in [6.45, 7) is 5.57. The second-order valence-electron chi connectivity index (χ2n) is 8.24. The lowest BCUT2D eigenvalue weighted by Gasteiger charge is -2.20. The van der Waals surface area contributed by atoms with Crippen molar-refractivity contribution < 1.29 is 8.81 Å². The Morgan fingerprint density at radius 2 is 1.76 bits per heavy atom. The average Bonchev–Trinajstić information content (AvgIpc) is 3.37. The summed E-state index contributed by atoms with van der Waals surface area (Å²) in [6.07, 6.45) is 0. The Labute approximate surface area is 194 Å². The number of aromatic amines is 1. The van der Waals surface area contributed by atoms with Crippen LogP contribution in [-0.4, -0.2) is 20.6 Å². The van der Waals surface area contributed by atoms with Crippen LogP contribution in [0.15, 0.2) is 69.9 Å². The zero-order valence-corrected chi connectivity index (χ0v) is 18.9. The maximum absolute atomic E-state index is 14.6. The van der Waals surface area contributed by atoms with Crippen LogP contribution in [0.4, 0.5) is 10.1 Å². The molecule has 0 bridgehead atoms. The van der Waals surface area contributed by atoms with Crippen LogP contribution in [0.2, 0.25) is 0 Å². The monoisotopic (exact) mass is 455 g/mol. The number of hydrogen-bond donors (Lipinski definition) is 2. The van der Waals surface area contributed by atoms with Crippen molar-refractivity contribution in [3.05, 3.63) is 93.4 Å². The number of para-hydroxylation sites is 1. The summed E-state index contributed by atoms with van der Waals surface area (Å²) in [5.41, 5.74) is 4.17. The molecule has 34 heavy (non-hydrogen) atoms. The molecule has 1 atom stereocenters. The number of rotatable bonds is 5. The van der Waals surface area contributed by atoms with Crippen LogP contribution < -0.4 is 10.7 Å². The lowest BCUT2D eigenvalue weighted by atomic mass is 9.98. The van der Waals surface area contributed by atoms with E-state index < -0.39 is 5.82 Å². The fourth-order valence-electron chi connectivity index (χ4n) is 4.18. The number of tetrazole rings is 1. The number of anilines is 1. The van der Waals surface area contributed by atoms with Crippen molar-refractivity contribution in [3.8, 4) is 22.7 Å². The molecule has 170 valence electrons. The van der Waals surface area contributed by atoms with E-state index in [-0.39, 0.29) is 22.8 Å². The predicted octanol–water partition coefficient (Wildman–Crippen LogP) is 5.57. The van der Waals surface area contributed by atoms with Gasteiger partial charge in [-0.25, -0.2) is 4.39 Å². The van der Waals surface area contributed by atoms with Crippen molar-refractivity contribution in [2.45, 2.75) is 26.8 Å². The van der Waals surface area contributed by atoms with E-state index in [0.717, 1.165) is 22.4 Å². The van der Waals surface area contributed by atoms with Crippen molar-refractivity contribution in [2.24, 2.45) is 0 Å². The van der Waals surface area contributed by atoms with Gasteiger partial charge in [-0.3, -0.25) is 4.79 Å². The van der Waals surface area contributed by atoms with E-state index >= 15 is 0 Å². The number of nitrogens with zero attached hydrogens (tertiary/aromatic N) is 3. The first-order chi connectivity index (χ1) is 16.4. The molecule has 2 N–H and O–H groups in total. The van der Waals surface area contributed by atoms with Crippen LogP contribution in [0.1, 0.15) is 29.7 Å². The fourth-order valence-corrected chi connectivity index (χ4v) is 4.18. The van der Waals surface area contributed by atoms with Gasteiger partial charge in [0.2, 0.25) is 5.82 Å². The molecule has 0 radical (unpaired) electrons. The average molecular weight is 455 g/mol. The Hall–Kier alpha value is -4.33. The molecule has 2 aromatic heterocycles. The Kier molecular flexibility index (Phi) is 5.41.